The molecule has 0 aromatic carbocycles. The first kappa shape index (κ1) is 20.9. The number of methoxy groups -OCH3 is 1. The Bertz CT molecular complexity index is 815. The molecule has 0 radical (unpaired) electrons. The summed E-state index contributed by atoms with van der Waals surface area (Å²) in [5.74, 6) is 0.748. The number of nitrogens with zero attached hydrogens (tertiary/aromatic N) is 3. The summed E-state index contributed by atoms with van der Waals surface area (Å²) < 4.78 is 6.82. The summed E-state index contributed by atoms with van der Waals surface area (Å²) in [6.07, 6.45) is 5.86. The molecule has 28 heavy (non-hydrogen) atoms. The van der Waals surface area contributed by atoms with Crippen molar-refractivity contribution in [3.8, 4) is 0 Å². The zero-order valence-electron chi connectivity index (χ0n) is 16.7. The van der Waals surface area contributed by atoms with E-state index < -0.39 is 0 Å². The van der Waals surface area contributed by atoms with Gasteiger partial charge in [0.05, 0.1) is 16.3 Å². The molecule has 0 saturated carbocycles. The van der Waals surface area contributed by atoms with Gasteiger partial charge in [-0.1, -0.05) is 18.5 Å². The highest BCUT2D eigenvalue weighted by Crippen LogP contribution is 2.25. The fourth-order valence-electron chi connectivity index (χ4n) is 3.70. The number of piperidine rings is 1. The number of fused-ring (bicyclic) bond motifs is 1. The third-order valence-electron chi connectivity index (χ3n) is 5.46. The van der Waals surface area contributed by atoms with Crippen molar-refractivity contribution >= 4 is 29.0 Å². The Morgan fingerprint density at radius 2 is 2.18 bits per heavy atom. The fourth-order valence-corrected chi connectivity index (χ4v) is 3.90. The monoisotopic (exact) mass is 407 g/mol. The van der Waals surface area contributed by atoms with Crippen molar-refractivity contribution in [1.82, 2.24) is 19.6 Å². The molecular weight excluding hydrogens is 378 g/mol. The number of ether oxygens (including phenoxy) is 1. The molecule has 2 aromatic rings. The van der Waals surface area contributed by atoms with Gasteiger partial charge < -0.3 is 20.7 Å². The quantitative estimate of drug-likeness (QED) is 0.657. The van der Waals surface area contributed by atoms with Crippen molar-refractivity contribution < 1.29 is 9.53 Å². The number of aryl methyl sites for hydroxylation is 1. The van der Waals surface area contributed by atoms with Gasteiger partial charge in [0.2, 0.25) is 0 Å². The minimum atomic E-state index is -0.150. The molecule has 7 nitrogen and oxygen atoms in total. The summed E-state index contributed by atoms with van der Waals surface area (Å²) in [5, 5.41) is 3.43. The van der Waals surface area contributed by atoms with Crippen LogP contribution in [0.4, 0.5) is 5.82 Å². The maximum Gasteiger partial charge on any atom is 0.255 e. The Morgan fingerprint density at radius 3 is 2.86 bits per heavy atom. The fraction of sp³-hybridized carbons (Fsp3) is 0.600. The van der Waals surface area contributed by atoms with Gasteiger partial charge in [-0.3, -0.25) is 9.20 Å². The van der Waals surface area contributed by atoms with E-state index in [1.165, 1.54) is 0 Å². The minimum absolute atomic E-state index is 0.150. The SMILES string of the molecule is CCc1cn2c(N)c(Cl)cc(C(=O)NCC3CCN(CCCOC)CC3)c2n1. The molecule has 3 heterocycles. The van der Waals surface area contributed by atoms with Gasteiger partial charge in [-0.2, -0.15) is 0 Å². The van der Waals surface area contributed by atoms with Crippen LogP contribution in [0.3, 0.4) is 0 Å². The van der Waals surface area contributed by atoms with Crippen molar-refractivity contribution in [1.29, 1.82) is 0 Å². The normalized spacial score (nSPS) is 16.0. The number of carbonyl (C=O) groups is 1. The molecule has 1 amide bonds. The van der Waals surface area contributed by atoms with E-state index >= 15 is 0 Å². The number of rotatable bonds is 8. The van der Waals surface area contributed by atoms with Gasteiger partial charge in [0, 0.05) is 33.0 Å². The summed E-state index contributed by atoms with van der Waals surface area (Å²) >= 11 is 6.24. The minimum Gasteiger partial charge on any atom is -0.385 e. The number of likely N-dealkylation sites (tertiary alicyclic amines) is 1. The van der Waals surface area contributed by atoms with E-state index in [-0.39, 0.29) is 5.91 Å². The molecule has 1 aliphatic heterocycles. The summed E-state index contributed by atoms with van der Waals surface area (Å²) in [4.78, 5) is 19.8. The van der Waals surface area contributed by atoms with Crippen LogP contribution >= 0.6 is 11.6 Å². The van der Waals surface area contributed by atoms with Crippen LogP contribution in [0.15, 0.2) is 12.3 Å². The second kappa shape index (κ2) is 9.58. The molecule has 154 valence electrons. The number of hydrogen-bond acceptors (Lipinski definition) is 5. The van der Waals surface area contributed by atoms with Crippen LogP contribution in [0.1, 0.15) is 42.2 Å². The molecular formula is C20H30ClN5O2. The molecule has 0 atom stereocenters. The zero-order valence-corrected chi connectivity index (χ0v) is 17.5. The van der Waals surface area contributed by atoms with E-state index in [9.17, 15) is 4.79 Å². The summed E-state index contributed by atoms with van der Waals surface area (Å²) in [6.45, 7) is 6.71. The highest BCUT2D eigenvalue weighted by molar-refractivity contribution is 6.33. The number of anilines is 1. The van der Waals surface area contributed by atoms with E-state index in [0.29, 0.717) is 34.5 Å². The summed E-state index contributed by atoms with van der Waals surface area (Å²) in [6, 6.07) is 1.62. The van der Waals surface area contributed by atoms with Crippen LogP contribution in [0.25, 0.3) is 5.65 Å². The first-order valence-electron chi connectivity index (χ1n) is 9.98. The Kier molecular flexibility index (Phi) is 7.15. The number of imidazole rings is 1. The van der Waals surface area contributed by atoms with E-state index in [1.807, 2.05) is 13.1 Å². The van der Waals surface area contributed by atoms with Crippen LogP contribution in [-0.2, 0) is 11.2 Å². The smallest absolute Gasteiger partial charge is 0.255 e. The standard InChI is InChI=1S/C20H30ClN5O2/c1-3-15-13-26-18(22)17(21)11-16(19(26)24-15)20(27)23-12-14-5-8-25(9-6-14)7-4-10-28-2/h11,13-14H,3-10,12,22H2,1-2H3,(H,23,27). The first-order valence-corrected chi connectivity index (χ1v) is 10.4. The number of hydrogen-bond donors (Lipinski definition) is 2. The number of pyridine rings is 1. The lowest BCUT2D eigenvalue weighted by Gasteiger charge is -2.31. The molecule has 0 unspecified atom stereocenters. The Labute approximate surface area is 171 Å². The number of nitrogens with two attached hydrogens (primary N) is 1. The molecule has 1 aliphatic rings. The van der Waals surface area contributed by atoms with Crippen LogP contribution in [0.5, 0.6) is 0 Å². The predicted octanol–water partition coefficient (Wildman–Crippen LogP) is 2.61. The Hall–Kier alpha value is -1.83. The number of nitrogens with one attached hydrogen (secondary N) is 1. The van der Waals surface area contributed by atoms with Gasteiger partial charge in [-0.15, -0.1) is 0 Å². The lowest BCUT2D eigenvalue weighted by molar-refractivity contribution is 0.0934. The lowest BCUT2D eigenvalue weighted by atomic mass is 9.96. The maximum atomic E-state index is 12.8. The topological polar surface area (TPSA) is 84.9 Å². The summed E-state index contributed by atoms with van der Waals surface area (Å²) in [5.41, 5.74) is 7.96. The van der Waals surface area contributed by atoms with Gasteiger partial charge in [-0.25, -0.2) is 4.98 Å². The molecule has 1 saturated heterocycles. The Morgan fingerprint density at radius 1 is 1.43 bits per heavy atom. The largest absolute Gasteiger partial charge is 0.385 e. The summed E-state index contributed by atoms with van der Waals surface area (Å²) in [7, 11) is 1.74. The van der Waals surface area contributed by atoms with E-state index in [0.717, 1.165) is 57.6 Å². The van der Waals surface area contributed by atoms with Crippen molar-refractivity contribution in [3.63, 3.8) is 0 Å². The predicted molar refractivity (Wildman–Crippen MR) is 112 cm³/mol. The molecule has 3 rings (SSSR count). The number of aromatic nitrogens is 2. The third kappa shape index (κ3) is 4.77. The third-order valence-corrected chi connectivity index (χ3v) is 5.76. The highest BCUT2D eigenvalue weighted by Gasteiger charge is 2.21. The van der Waals surface area contributed by atoms with Crippen molar-refractivity contribution in [2.75, 3.05) is 45.6 Å². The van der Waals surface area contributed by atoms with Crippen LogP contribution in [0, 0.1) is 5.92 Å². The zero-order chi connectivity index (χ0) is 20.1. The molecule has 2 aromatic heterocycles. The Balaban J connectivity index is 1.59. The number of amides is 1. The average Bonchev–Trinajstić information content (AvgIpc) is 3.15. The molecule has 8 heteroatoms. The van der Waals surface area contributed by atoms with E-state index in [4.69, 9.17) is 22.1 Å². The van der Waals surface area contributed by atoms with Crippen molar-refractivity contribution in [3.05, 3.63) is 28.5 Å². The highest BCUT2D eigenvalue weighted by atomic mass is 35.5. The van der Waals surface area contributed by atoms with Gasteiger partial charge in [0.25, 0.3) is 5.91 Å². The number of carbonyl (C=O) groups excluding carboxylic acids is 1. The lowest BCUT2D eigenvalue weighted by Crippen LogP contribution is -2.39. The van der Waals surface area contributed by atoms with Crippen LogP contribution in [-0.4, -0.2) is 60.1 Å². The molecule has 0 aliphatic carbocycles. The van der Waals surface area contributed by atoms with E-state index in [2.05, 4.69) is 15.2 Å². The van der Waals surface area contributed by atoms with Gasteiger partial charge >= 0.3 is 0 Å². The molecule has 0 bridgehead atoms. The van der Waals surface area contributed by atoms with Gasteiger partial charge in [0.15, 0.2) is 5.65 Å². The van der Waals surface area contributed by atoms with Gasteiger partial charge in [-0.05, 0) is 50.8 Å². The van der Waals surface area contributed by atoms with Crippen molar-refractivity contribution in [2.24, 2.45) is 5.92 Å². The molecule has 1 fully saturated rings. The molecule has 0 spiro atoms. The molecule has 3 N–H and O–H groups in total. The van der Waals surface area contributed by atoms with Crippen LogP contribution in [0.2, 0.25) is 5.02 Å². The second-order valence-electron chi connectivity index (χ2n) is 7.41. The van der Waals surface area contributed by atoms with E-state index in [1.54, 1.807) is 17.6 Å². The van der Waals surface area contributed by atoms with Crippen molar-refractivity contribution in [2.45, 2.75) is 32.6 Å². The number of halogens is 1. The number of nitrogen functional groups attached to an aromatic ring is 1. The maximum absolute atomic E-state index is 12.8. The average molecular weight is 408 g/mol. The van der Waals surface area contributed by atoms with Gasteiger partial charge in [0.1, 0.15) is 5.82 Å². The first-order chi connectivity index (χ1) is 13.5. The second-order valence-corrected chi connectivity index (χ2v) is 7.82. The van der Waals surface area contributed by atoms with Crippen LogP contribution < -0.4 is 11.1 Å².